The standard InChI is InChI=1S/C24H17F3N2OS/c1-15-21(29-23(31-15)17-7-3-2-4-8-17)16-11-13-18(14-12-16)28-22(30)19-9-5-6-10-20(19)24(25,26)27/h2-14H,1H3,(H,28,30). The molecule has 0 aliphatic carbocycles. The van der Waals surface area contributed by atoms with E-state index in [9.17, 15) is 18.0 Å². The number of benzene rings is 3. The summed E-state index contributed by atoms with van der Waals surface area (Å²) < 4.78 is 39.5. The van der Waals surface area contributed by atoms with E-state index in [0.29, 0.717) is 5.69 Å². The summed E-state index contributed by atoms with van der Waals surface area (Å²) in [6, 6.07) is 21.5. The van der Waals surface area contributed by atoms with E-state index in [1.54, 1.807) is 35.6 Å². The Morgan fingerprint density at radius 2 is 1.52 bits per heavy atom. The lowest BCUT2D eigenvalue weighted by Gasteiger charge is -2.12. The monoisotopic (exact) mass is 438 g/mol. The molecule has 3 nitrogen and oxygen atoms in total. The summed E-state index contributed by atoms with van der Waals surface area (Å²) in [6.07, 6.45) is -4.60. The van der Waals surface area contributed by atoms with Crippen molar-refractivity contribution in [3.8, 4) is 21.8 Å². The van der Waals surface area contributed by atoms with Gasteiger partial charge in [0, 0.05) is 21.7 Å². The number of aromatic nitrogens is 1. The van der Waals surface area contributed by atoms with E-state index in [2.05, 4.69) is 5.32 Å². The van der Waals surface area contributed by atoms with Crippen molar-refractivity contribution in [2.75, 3.05) is 5.32 Å². The fourth-order valence-electron chi connectivity index (χ4n) is 3.21. The van der Waals surface area contributed by atoms with Crippen molar-refractivity contribution < 1.29 is 18.0 Å². The number of anilines is 1. The smallest absolute Gasteiger partial charge is 0.322 e. The van der Waals surface area contributed by atoms with Crippen molar-refractivity contribution in [2.24, 2.45) is 0 Å². The maximum absolute atomic E-state index is 13.2. The number of nitrogens with one attached hydrogen (secondary N) is 1. The Morgan fingerprint density at radius 1 is 0.871 bits per heavy atom. The van der Waals surface area contributed by atoms with Crippen LogP contribution in [-0.2, 0) is 6.18 Å². The van der Waals surface area contributed by atoms with Crippen LogP contribution in [0.3, 0.4) is 0 Å². The summed E-state index contributed by atoms with van der Waals surface area (Å²) in [7, 11) is 0. The average molecular weight is 438 g/mol. The fourth-order valence-corrected chi connectivity index (χ4v) is 4.15. The zero-order valence-corrected chi connectivity index (χ0v) is 17.2. The predicted octanol–water partition coefficient (Wildman–Crippen LogP) is 7.06. The Labute approximate surface area is 181 Å². The van der Waals surface area contributed by atoms with Gasteiger partial charge < -0.3 is 5.32 Å². The van der Waals surface area contributed by atoms with E-state index in [1.807, 2.05) is 37.3 Å². The minimum atomic E-state index is -4.60. The highest BCUT2D eigenvalue weighted by molar-refractivity contribution is 7.15. The number of halogens is 3. The Hall–Kier alpha value is -3.45. The van der Waals surface area contributed by atoms with E-state index in [0.717, 1.165) is 38.8 Å². The Balaban J connectivity index is 1.55. The normalized spacial score (nSPS) is 11.4. The molecule has 7 heteroatoms. The van der Waals surface area contributed by atoms with Gasteiger partial charge >= 0.3 is 6.18 Å². The molecule has 0 fully saturated rings. The molecule has 0 saturated heterocycles. The van der Waals surface area contributed by atoms with Crippen LogP contribution in [0.5, 0.6) is 0 Å². The van der Waals surface area contributed by atoms with E-state index >= 15 is 0 Å². The first kappa shape index (κ1) is 20.8. The number of alkyl halides is 3. The second-order valence-electron chi connectivity index (χ2n) is 6.86. The average Bonchev–Trinajstić information content (AvgIpc) is 3.16. The lowest BCUT2D eigenvalue weighted by molar-refractivity contribution is -0.137. The molecule has 0 unspecified atom stereocenters. The maximum Gasteiger partial charge on any atom is 0.417 e. The second-order valence-corrected chi connectivity index (χ2v) is 8.07. The Kier molecular flexibility index (Phi) is 5.61. The molecular weight excluding hydrogens is 421 g/mol. The van der Waals surface area contributed by atoms with Crippen LogP contribution in [-0.4, -0.2) is 10.9 Å². The van der Waals surface area contributed by atoms with Crippen LogP contribution >= 0.6 is 11.3 Å². The van der Waals surface area contributed by atoms with E-state index in [4.69, 9.17) is 4.98 Å². The highest BCUT2D eigenvalue weighted by Gasteiger charge is 2.34. The maximum atomic E-state index is 13.2. The quantitative estimate of drug-likeness (QED) is 0.371. The number of carbonyl (C=O) groups excluding carboxylic acids is 1. The molecule has 0 bridgehead atoms. The van der Waals surface area contributed by atoms with Gasteiger partial charge in [-0.3, -0.25) is 4.79 Å². The van der Waals surface area contributed by atoms with Crippen LogP contribution < -0.4 is 5.32 Å². The van der Waals surface area contributed by atoms with Crippen molar-refractivity contribution in [3.63, 3.8) is 0 Å². The zero-order chi connectivity index (χ0) is 22.0. The van der Waals surface area contributed by atoms with Gasteiger partial charge in [-0.05, 0) is 31.2 Å². The van der Waals surface area contributed by atoms with Crippen LogP contribution in [0.25, 0.3) is 21.8 Å². The van der Waals surface area contributed by atoms with Crippen molar-refractivity contribution in [1.82, 2.24) is 4.98 Å². The molecule has 1 amide bonds. The van der Waals surface area contributed by atoms with Gasteiger partial charge in [0.2, 0.25) is 0 Å². The second kappa shape index (κ2) is 8.35. The first-order valence-electron chi connectivity index (χ1n) is 9.44. The summed E-state index contributed by atoms with van der Waals surface area (Å²) >= 11 is 1.59. The molecule has 156 valence electrons. The first-order chi connectivity index (χ1) is 14.8. The van der Waals surface area contributed by atoms with Crippen LogP contribution in [0, 0.1) is 6.92 Å². The number of rotatable bonds is 4. The molecule has 0 atom stereocenters. The molecule has 1 N–H and O–H groups in total. The van der Waals surface area contributed by atoms with Gasteiger partial charge in [0.05, 0.1) is 16.8 Å². The third-order valence-corrected chi connectivity index (χ3v) is 5.73. The summed E-state index contributed by atoms with van der Waals surface area (Å²) in [5, 5.41) is 3.45. The molecule has 0 radical (unpaired) electrons. The number of nitrogens with zero attached hydrogens (tertiary/aromatic N) is 1. The van der Waals surface area contributed by atoms with Gasteiger partial charge in [0.15, 0.2) is 0 Å². The molecule has 1 heterocycles. The molecule has 4 rings (SSSR count). The first-order valence-corrected chi connectivity index (χ1v) is 10.3. The topological polar surface area (TPSA) is 42.0 Å². The summed E-state index contributed by atoms with van der Waals surface area (Å²) in [5.41, 5.74) is 1.77. The van der Waals surface area contributed by atoms with Gasteiger partial charge in [-0.2, -0.15) is 13.2 Å². The van der Waals surface area contributed by atoms with Crippen LogP contribution in [0.2, 0.25) is 0 Å². The van der Waals surface area contributed by atoms with Crippen molar-refractivity contribution in [3.05, 3.63) is 94.9 Å². The van der Waals surface area contributed by atoms with Crippen molar-refractivity contribution in [2.45, 2.75) is 13.1 Å². The highest BCUT2D eigenvalue weighted by Crippen LogP contribution is 2.34. The molecule has 0 saturated carbocycles. The summed E-state index contributed by atoms with van der Waals surface area (Å²) in [4.78, 5) is 18.2. The van der Waals surface area contributed by atoms with Gasteiger partial charge in [-0.25, -0.2) is 4.98 Å². The highest BCUT2D eigenvalue weighted by atomic mass is 32.1. The molecule has 0 aliphatic rings. The molecule has 31 heavy (non-hydrogen) atoms. The van der Waals surface area contributed by atoms with Gasteiger partial charge in [0.25, 0.3) is 5.91 Å². The molecule has 4 aromatic rings. The Morgan fingerprint density at radius 3 is 2.19 bits per heavy atom. The van der Waals surface area contributed by atoms with E-state index < -0.39 is 23.2 Å². The van der Waals surface area contributed by atoms with Crippen LogP contribution in [0.15, 0.2) is 78.9 Å². The third-order valence-electron chi connectivity index (χ3n) is 4.71. The zero-order valence-electron chi connectivity index (χ0n) is 16.4. The molecule has 0 aliphatic heterocycles. The van der Waals surface area contributed by atoms with Crippen molar-refractivity contribution >= 4 is 22.9 Å². The number of carbonyl (C=O) groups is 1. The number of aryl methyl sites for hydroxylation is 1. The van der Waals surface area contributed by atoms with Crippen LogP contribution in [0.1, 0.15) is 20.8 Å². The van der Waals surface area contributed by atoms with Crippen molar-refractivity contribution in [1.29, 1.82) is 0 Å². The summed E-state index contributed by atoms with van der Waals surface area (Å²) in [6.45, 7) is 1.99. The fraction of sp³-hybridized carbons (Fsp3) is 0.0833. The van der Waals surface area contributed by atoms with Gasteiger partial charge in [-0.15, -0.1) is 11.3 Å². The molecule has 1 aromatic heterocycles. The van der Waals surface area contributed by atoms with Crippen LogP contribution in [0.4, 0.5) is 18.9 Å². The predicted molar refractivity (Wildman–Crippen MR) is 117 cm³/mol. The Bertz CT molecular complexity index is 1220. The molecular formula is C24H17F3N2OS. The SMILES string of the molecule is Cc1sc(-c2ccccc2)nc1-c1ccc(NC(=O)c2ccccc2C(F)(F)F)cc1. The van der Waals surface area contributed by atoms with E-state index in [-0.39, 0.29) is 0 Å². The number of amides is 1. The minimum Gasteiger partial charge on any atom is -0.322 e. The lowest BCUT2D eigenvalue weighted by atomic mass is 10.1. The molecule has 3 aromatic carbocycles. The minimum absolute atomic E-state index is 0.405. The van der Waals surface area contributed by atoms with Gasteiger partial charge in [0.1, 0.15) is 5.01 Å². The largest absolute Gasteiger partial charge is 0.417 e. The van der Waals surface area contributed by atoms with E-state index in [1.165, 1.54) is 12.1 Å². The number of hydrogen-bond donors (Lipinski definition) is 1. The van der Waals surface area contributed by atoms with Gasteiger partial charge in [-0.1, -0.05) is 54.6 Å². The third kappa shape index (κ3) is 4.51. The number of hydrogen-bond acceptors (Lipinski definition) is 3. The number of thiazole rings is 1. The lowest BCUT2D eigenvalue weighted by Crippen LogP contribution is -2.18. The molecule has 0 spiro atoms. The summed E-state index contributed by atoms with van der Waals surface area (Å²) in [5.74, 6) is -0.808.